The maximum absolute atomic E-state index is 11.7. The molecule has 3 aromatic carbocycles. The standard InChI is InChI=1S/C23H22O3/c1-16-7-6-8-17(2)21(16)15-22(23(24)25)26-20-13-11-19(12-14-20)18-9-4-3-5-10-18/h3-14,22H,15H2,1-2H3,(H,24,25)/t22-/m0/s1. The van der Waals surface area contributed by atoms with E-state index in [2.05, 4.69) is 0 Å². The Bertz CT molecular complexity index is 863. The largest absolute Gasteiger partial charge is 0.478 e. The minimum absolute atomic E-state index is 0.342. The van der Waals surface area contributed by atoms with E-state index in [-0.39, 0.29) is 0 Å². The average Bonchev–Trinajstić information content (AvgIpc) is 2.65. The van der Waals surface area contributed by atoms with Crippen LogP contribution in [0.4, 0.5) is 0 Å². The minimum atomic E-state index is -0.959. The quantitative estimate of drug-likeness (QED) is 0.680. The number of hydrogen-bond donors (Lipinski definition) is 1. The summed E-state index contributed by atoms with van der Waals surface area (Å²) < 4.78 is 5.78. The van der Waals surface area contributed by atoms with Crippen LogP contribution in [0.5, 0.6) is 5.75 Å². The smallest absolute Gasteiger partial charge is 0.345 e. The zero-order valence-corrected chi connectivity index (χ0v) is 15.0. The van der Waals surface area contributed by atoms with Crippen molar-refractivity contribution in [3.63, 3.8) is 0 Å². The van der Waals surface area contributed by atoms with E-state index in [4.69, 9.17) is 4.74 Å². The molecule has 0 aliphatic carbocycles. The Morgan fingerprint density at radius 1 is 0.846 bits per heavy atom. The fraction of sp³-hybridized carbons (Fsp3) is 0.174. The van der Waals surface area contributed by atoms with E-state index < -0.39 is 12.1 Å². The second kappa shape index (κ2) is 7.87. The van der Waals surface area contributed by atoms with Gasteiger partial charge in [0, 0.05) is 6.42 Å². The maximum Gasteiger partial charge on any atom is 0.345 e. The second-order valence-electron chi connectivity index (χ2n) is 6.41. The molecule has 1 atom stereocenters. The van der Waals surface area contributed by atoms with Crippen LogP contribution in [-0.2, 0) is 11.2 Å². The molecular formula is C23H22O3. The molecular weight excluding hydrogens is 324 g/mol. The molecule has 0 unspecified atom stereocenters. The molecule has 0 spiro atoms. The first-order valence-corrected chi connectivity index (χ1v) is 8.64. The highest BCUT2D eigenvalue weighted by Gasteiger charge is 2.22. The van der Waals surface area contributed by atoms with Crippen molar-refractivity contribution in [3.8, 4) is 16.9 Å². The first-order chi connectivity index (χ1) is 12.5. The van der Waals surface area contributed by atoms with Gasteiger partial charge in [0.05, 0.1) is 0 Å². The van der Waals surface area contributed by atoms with Gasteiger partial charge >= 0.3 is 5.97 Å². The average molecular weight is 346 g/mol. The van der Waals surface area contributed by atoms with Crippen LogP contribution in [0, 0.1) is 13.8 Å². The van der Waals surface area contributed by atoms with Crippen LogP contribution in [0.1, 0.15) is 16.7 Å². The highest BCUT2D eigenvalue weighted by molar-refractivity contribution is 5.73. The minimum Gasteiger partial charge on any atom is -0.478 e. The van der Waals surface area contributed by atoms with Gasteiger partial charge in [-0.2, -0.15) is 0 Å². The molecule has 0 aliphatic rings. The molecule has 0 saturated heterocycles. The van der Waals surface area contributed by atoms with Crippen LogP contribution >= 0.6 is 0 Å². The number of carboxylic acid groups (broad SMARTS) is 1. The molecule has 0 heterocycles. The molecule has 0 aromatic heterocycles. The lowest BCUT2D eigenvalue weighted by Gasteiger charge is -2.18. The third-order valence-electron chi connectivity index (χ3n) is 4.55. The summed E-state index contributed by atoms with van der Waals surface area (Å²) in [5.41, 5.74) is 5.38. The van der Waals surface area contributed by atoms with E-state index in [0.29, 0.717) is 12.2 Å². The molecule has 0 bridgehead atoms. The fourth-order valence-corrected chi connectivity index (χ4v) is 3.06. The highest BCUT2D eigenvalue weighted by Crippen LogP contribution is 2.24. The Morgan fingerprint density at radius 2 is 1.42 bits per heavy atom. The third kappa shape index (κ3) is 4.12. The Balaban J connectivity index is 1.77. The monoisotopic (exact) mass is 346 g/mol. The number of carboxylic acids is 1. The lowest BCUT2D eigenvalue weighted by molar-refractivity contribution is -0.145. The molecule has 132 valence electrons. The van der Waals surface area contributed by atoms with Gasteiger partial charge in [-0.25, -0.2) is 4.79 Å². The summed E-state index contributed by atoms with van der Waals surface area (Å²) in [6.45, 7) is 3.99. The van der Waals surface area contributed by atoms with Gasteiger partial charge in [0.25, 0.3) is 0 Å². The molecule has 3 rings (SSSR count). The number of ether oxygens (including phenoxy) is 1. The summed E-state index contributed by atoms with van der Waals surface area (Å²) in [5.74, 6) is -0.400. The van der Waals surface area contributed by atoms with E-state index >= 15 is 0 Å². The molecule has 3 aromatic rings. The number of hydrogen-bond acceptors (Lipinski definition) is 2. The van der Waals surface area contributed by atoms with E-state index in [1.807, 2.05) is 86.6 Å². The number of aryl methyl sites for hydroxylation is 2. The van der Waals surface area contributed by atoms with E-state index in [1.54, 1.807) is 0 Å². The van der Waals surface area contributed by atoms with Gasteiger partial charge < -0.3 is 9.84 Å². The van der Waals surface area contributed by atoms with Gasteiger partial charge in [-0.1, -0.05) is 60.7 Å². The van der Waals surface area contributed by atoms with Crippen molar-refractivity contribution < 1.29 is 14.6 Å². The van der Waals surface area contributed by atoms with Crippen LogP contribution in [0.2, 0.25) is 0 Å². The first-order valence-electron chi connectivity index (χ1n) is 8.64. The number of carbonyl (C=O) groups is 1. The van der Waals surface area contributed by atoms with Gasteiger partial charge in [0.1, 0.15) is 5.75 Å². The van der Waals surface area contributed by atoms with Gasteiger partial charge in [-0.15, -0.1) is 0 Å². The Hall–Kier alpha value is -3.07. The summed E-state index contributed by atoms with van der Waals surface area (Å²) in [5, 5.41) is 9.59. The SMILES string of the molecule is Cc1cccc(C)c1C[C@H](Oc1ccc(-c2ccccc2)cc1)C(=O)O. The molecule has 0 saturated carbocycles. The van der Waals surface area contributed by atoms with Gasteiger partial charge in [-0.3, -0.25) is 0 Å². The lowest BCUT2D eigenvalue weighted by Crippen LogP contribution is -2.30. The van der Waals surface area contributed by atoms with Gasteiger partial charge in [0.15, 0.2) is 6.10 Å². The number of rotatable bonds is 6. The van der Waals surface area contributed by atoms with Crippen LogP contribution < -0.4 is 4.74 Å². The third-order valence-corrected chi connectivity index (χ3v) is 4.55. The molecule has 0 fully saturated rings. The Labute approximate surface area is 153 Å². The number of benzene rings is 3. The van der Waals surface area contributed by atoms with Gasteiger partial charge in [0.2, 0.25) is 0 Å². The predicted molar refractivity (Wildman–Crippen MR) is 104 cm³/mol. The Morgan fingerprint density at radius 3 is 2.00 bits per heavy atom. The summed E-state index contributed by atoms with van der Waals surface area (Å²) in [4.78, 5) is 11.7. The predicted octanol–water partition coefficient (Wildman–Crippen LogP) is 5.05. The maximum atomic E-state index is 11.7. The van der Waals surface area contributed by atoms with E-state index in [1.165, 1.54) is 0 Å². The number of aliphatic carboxylic acids is 1. The van der Waals surface area contributed by atoms with Crippen molar-refractivity contribution in [2.24, 2.45) is 0 Å². The summed E-state index contributed by atoms with van der Waals surface area (Å²) >= 11 is 0. The van der Waals surface area contributed by atoms with Crippen LogP contribution in [0.15, 0.2) is 72.8 Å². The molecule has 1 N–H and O–H groups in total. The first kappa shape index (κ1) is 17.7. The van der Waals surface area contributed by atoms with Gasteiger partial charge in [-0.05, 0) is 53.8 Å². The van der Waals surface area contributed by atoms with Crippen LogP contribution in [-0.4, -0.2) is 17.2 Å². The van der Waals surface area contributed by atoms with Crippen molar-refractivity contribution in [1.29, 1.82) is 0 Å². The van der Waals surface area contributed by atoms with Crippen molar-refractivity contribution in [2.75, 3.05) is 0 Å². The molecule has 0 radical (unpaired) electrons. The van der Waals surface area contributed by atoms with E-state index in [0.717, 1.165) is 27.8 Å². The molecule has 0 amide bonds. The Kier molecular flexibility index (Phi) is 5.37. The summed E-state index contributed by atoms with van der Waals surface area (Å²) in [6.07, 6.45) is -0.578. The zero-order valence-electron chi connectivity index (χ0n) is 15.0. The second-order valence-corrected chi connectivity index (χ2v) is 6.41. The molecule has 0 aliphatic heterocycles. The molecule has 26 heavy (non-hydrogen) atoms. The summed E-state index contributed by atoms with van der Waals surface area (Å²) in [7, 11) is 0. The normalized spacial score (nSPS) is 11.8. The highest BCUT2D eigenvalue weighted by atomic mass is 16.5. The lowest BCUT2D eigenvalue weighted by atomic mass is 9.97. The van der Waals surface area contributed by atoms with Crippen LogP contribution in [0.25, 0.3) is 11.1 Å². The van der Waals surface area contributed by atoms with E-state index in [9.17, 15) is 9.90 Å². The molecule has 3 heteroatoms. The zero-order chi connectivity index (χ0) is 18.5. The van der Waals surface area contributed by atoms with Crippen LogP contribution in [0.3, 0.4) is 0 Å². The van der Waals surface area contributed by atoms with Crippen molar-refractivity contribution >= 4 is 5.97 Å². The topological polar surface area (TPSA) is 46.5 Å². The van der Waals surface area contributed by atoms with Crippen molar-refractivity contribution in [3.05, 3.63) is 89.5 Å². The summed E-state index contributed by atoms with van der Waals surface area (Å²) in [6, 6.07) is 23.5. The van der Waals surface area contributed by atoms with Crippen molar-refractivity contribution in [2.45, 2.75) is 26.4 Å². The molecule has 3 nitrogen and oxygen atoms in total. The fourth-order valence-electron chi connectivity index (χ4n) is 3.06. The van der Waals surface area contributed by atoms with Crippen molar-refractivity contribution in [1.82, 2.24) is 0 Å².